The first-order valence-corrected chi connectivity index (χ1v) is 8.32. The van der Waals surface area contributed by atoms with Crippen LogP contribution in [0.1, 0.15) is 24.1 Å². The van der Waals surface area contributed by atoms with E-state index in [1.165, 1.54) is 0 Å². The summed E-state index contributed by atoms with van der Waals surface area (Å²) in [6, 6.07) is 1.97. The molecule has 4 rings (SSSR count). The van der Waals surface area contributed by atoms with E-state index in [1.807, 2.05) is 35.3 Å². The fraction of sp³-hybridized carbons (Fsp3) is 0.471. The number of aryl methyl sites for hydroxylation is 2. The van der Waals surface area contributed by atoms with Crippen LogP contribution in [0.3, 0.4) is 0 Å². The van der Waals surface area contributed by atoms with Crippen LogP contribution in [0.25, 0.3) is 17.2 Å². The second-order valence-electron chi connectivity index (χ2n) is 6.55. The van der Waals surface area contributed by atoms with Gasteiger partial charge in [0.15, 0.2) is 11.5 Å². The minimum Gasteiger partial charge on any atom is -0.391 e. The molecule has 3 aromatic rings. The van der Waals surface area contributed by atoms with E-state index in [1.54, 1.807) is 6.20 Å². The van der Waals surface area contributed by atoms with E-state index in [4.69, 9.17) is 5.10 Å². The van der Waals surface area contributed by atoms with E-state index >= 15 is 0 Å². The maximum Gasteiger partial charge on any atom is 0.160 e. The third-order valence-electron chi connectivity index (χ3n) is 4.80. The van der Waals surface area contributed by atoms with Crippen molar-refractivity contribution in [2.45, 2.75) is 32.8 Å². The fourth-order valence-corrected chi connectivity index (χ4v) is 3.42. The molecule has 7 heteroatoms. The van der Waals surface area contributed by atoms with E-state index < -0.39 is 0 Å². The highest BCUT2D eigenvalue weighted by molar-refractivity contribution is 5.63. The van der Waals surface area contributed by atoms with Gasteiger partial charge in [0.1, 0.15) is 11.5 Å². The van der Waals surface area contributed by atoms with Crippen LogP contribution in [0.5, 0.6) is 0 Å². The number of aliphatic hydroxyl groups is 1. The molecule has 4 heterocycles. The zero-order valence-electron chi connectivity index (χ0n) is 14.3. The Morgan fingerprint density at radius 1 is 1.29 bits per heavy atom. The van der Waals surface area contributed by atoms with Crippen molar-refractivity contribution in [3.63, 3.8) is 0 Å². The van der Waals surface area contributed by atoms with Crippen molar-refractivity contribution >= 4 is 11.5 Å². The molecule has 1 fully saturated rings. The lowest BCUT2D eigenvalue weighted by Crippen LogP contribution is -2.40. The lowest BCUT2D eigenvalue weighted by atomic mass is 10.1. The third kappa shape index (κ3) is 2.36. The highest BCUT2D eigenvalue weighted by Gasteiger charge is 2.24. The lowest BCUT2D eigenvalue weighted by molar-refractivity contribution is 0.153. The molecule has 126 valence electrons. The zero-order chi connectivity index (χ0) is 16.8. The molecule has 1 atom stereocenters. The molecule has 0 amide bonds. The van der Waals surface area contributed by atoms with E-state index in [-0.39, 0.29) is 6.10 Å². The van der Waals surface area contributed by atoms with Crippen molar-refractivity contribution in [2.24, 2.45) is 7.05 Å². The summed E-state index contributed by atoms with van der Waals surface area (Å²) >= 11 is 0. The summed E-state index contributed by atoms with van der Waals surface area (Å²) in [6.45, 7) is 5.65. The largest absolute Gasteiger partial charge is 0.391 e. The molecule has 1 N–H and O–H groups in total. The Hall–Kier alpha value is -2.41. The standard InChI is InChI=1S/C17H22N6O/c1-11-12(2)19-15-9-14(16-18-6-8-21(16)3)20-23(15)17(11)22-7-4-5-13(24)10-22/h6,8-9,13,24H,4-5,7,10H2,1-3H3. The second kappa shape index (κ2) is 5.59. The molecule has 0 spiro atoms. The number of β-amino-alcohol motifs (C(OH)–C–C–N with tert-alkyl or cyclic N) is 1. The van der Waals surface area contributed by atoms with E-state index in [2.05, 4.69) is 21.8 Å². The molecule has 1 saturated heterocycles. The SMILES string of the molecule is Cc1nc2cc(-c3nccn3C)nn2c(N2CCCC(O)C2)c1C. The average molecular weight is 326 g/mol. The Balaban J connectivity index is 1.90. The molecule has 0 aliphatic carbocycles. The first kappa shape index (κ1) is 15.1. The number of piperidine rings is 1. The number of nitrogens with zero attached hydrogens (tertiary/aromatic N) is 6. The highest BCUT2D eigenvalue weighted by atomic mass is 16.3. The van der Waals surface area contributed by atoms with Gasteiger partial charge in [0.25, 0.3) is 0 Å². The van der Waals surface area contributed by atoms with Gasteiger partial charge in [-0.1, -0.05) is 0 Å². The Morgan fingerprint density at radius 3 is 2.83 bits per heavy atom. The molecule has 1 unspecified atom stereocenters. The number of anilines is 1. The number of aliphatic hydroxyl groups excluding tert-OH is 1. The van der Waals surface area contributed by atoms with Crippen LogP contribution in [0.15, 0.2) is 18.5 Å². The van der Waals surface area contributed by atoms with Gasteiger partial charge in [-0.15, -0.1) is 0 Å². The maximum atomic E-state index is 10.1. The Morgan fingerprint density at radius 2 is 2.12 bits per heavy atom. The molecule has 24 heavy (non-hydrogen) atoms. The van der Waals surface area contributed by atoms with Gasteiger partial charge in [0, 0.05) is 49.9 Å². The quantitative estimate of drug-likeness (QED) is 0.776. The van der Waals surface area contributed by atoms with Crippen LogP contribution in [0, 0.1) is 13.8 Å². The third-order valence-corrected chi connectivity index (χ3v) is 4.80. The van der Waals surface area contributed by atoms with Gasteiger partial charge in [0.2, 0.25) is 0 Å². The van der Waals surface area contributed by atoms with E-state index in [0.717, 1.165) is 53.6 Å². The molecule has 0 radical (unpaired) electrons. The molecule has 0 bridgehead atoms. The molecular formula is C17H22N6O. The van der Waals surface area contributed by atoms with Gasteiger partial charge in [-0.25, -0.2) is 9.97 Å². The molecule has 1 aliphatic heterocycles. The Kier molecular flexibility index (Phi) is 3.53. The number of hydrogen-bond acceptors (Lipinski definition) is 5. The number of aromatic nitrogens is 5. The first-order chi connectivity index (χ1) is 11.5. The second-order valence-corrected chi connectivity index (χ2v) is 6.55. The van der Waals surface area contributed by atoms with Gasteiger partial charge in [-0.2, -0.15) is 9.61 Å². The van der Waals surface area contributed by atoms with Crippen molar-refractivity contribution < 1.29 is 5.11 Å². The van der Waals surface area contributed by atoms with Crippen molar-refractivity contribution in [3.8, 4) is 11.5 Å². The summed E-state index contributed by atoms with van der Waals surface area (Å²) in [7, 11) is 1.96. The normalized spacial score (nSPS) is 18.5. The molecule has 0 aromatic carbocycles. The van der Waals surface area contributed by atoms with Crippen molar-refractivity contribution in [2.75, 3.05) is 18.0 Å². The summed E-state index contributed by atoms with van der Waals surface area (Å²) in [5, 5.41) is 14.8. The summed E-state index contributed by atoms with van der Waals surface area (Å²) in [5.41, 5.74) is 3.71. The Bertz CT molecular complexity index is 896. The minimum atomic E-state index is -0.286. The number of rotatable bonds is 2. The summed E-state index contributed by atoms with van der Waals surface area (Å²) in [5.74, 6) is 1.84. The van der Waals surface area contributed by atoms with Gasteiger partial charge in [-0.05, 0) is 26.7 Å². The lowest BCUT2D eigenvalue weighted by Gasteiger charge is -2.33. The summed E-state index contributed by atoms with van der Waals surface area (Å²) in [6.07, 6.45) is 5.24. The number of fused-ring (bicyclic) bond motifs is 1. The predicted octanol–water partition coefficient (Wildman–Crippen LogP) is 1.71. The van der Waals surface area contributed by atoms with E-state index in [0.29, 0.717) is 6.54 Å². The van der Waals surface area contributed by atoms with Crippen LogP contribution in [-0.2, 0) is 7.05 Å². The van der Waals surface area contributed by atoms with Crippen molar-refractivity contribution in [3.05, 3.63) is 29.7 Å². The molecule has 3 aromatic heterocycles. The van der Waals surface area contributed by atoms with Crippen LogP contribution in [-0.4, -0.2) is 48.4 Å². The van der Waals surface area contributed by atoms with Crippen molar-refractivity contribution in [1.82, 2.24) is 24.1 Å². The highest BCUT2D eigenvalue weighted by Crippen LogP contribution is 2.28. The van der Waals surface area contributed by atoms with Crippen LogP contribution in [0.4, 0.5) is 5.82 Å². The van der Waals surface area contributed by atoms with Gasteiger partial charge >= 0.3 is 0 Å². The van der Waals surface area contributed by atoms with Gasteiger partial charge in [0.05, 0.1) is 6.10 Å². The summed E-state index contributed by atoms with van der Waals surface area (Å²) < 4.78 is 3.84. The monoisotopic (exact) mass is 326 g/mol. The van der Waals surface area contributed by atoms with Crippen LogP contribution >= 0.6 is 0 Å². The van der Waals surface area contributed by atoms with Crippen molar-refractivity contribution in [1.29, 1.82) is 0 Å². The van der Waals surface area contributed by atoms with Crippen LogP contribution in [0.2, 0.25) is 0 Å². The Labute approximate surface area is 140 Å². The van der Waals surface area contributed by atoms with Crippen LogP contribution < -0.4 is 4.90 Å². The van der Waals surface area contributed by atoms with Gasteiger partial charge < -0.3 is 14.6 Å². The number of hydrogen-bond donors (Lipinski definition) is 1. The topological polar surface area (TPSA) is 71.5 Å². The molecule has 1 aliphatic rings. The number of imidazole rings is 1. The summed E-state index contributed by atoms with van der Waals surface area (Å²) in [4.78, 5) is 11.3. The first-order valence-electron chi connectivity index (χ1n) is 8.32. The maximum absolute atomic E-state index is 10.1. The zero-order valence-corrected chi connectivity index (χ0v) is 14.3. The predicted molar refractivity (Wildman–Crippen MR) is 92.1 cm³/mol. The van der Waals surface area contributed by atoms with Gasteiger partial charge in [-0.3, -0.25) is 0 Å². The molecule has 7 nitrogen and oxygen atoms in total. The smallest absolute Gasteiger partial charge is 0.160 e. The molecular weight excluding hydrogens is 304 g/mol. The minimum absolute atomic E-state index is 0.286. The fourth-order valence-electron chi connectivity index (χ4n) is 3.42. The van der Waals surface area contributed by atoms with E-state index in [9.17, 15) is 5.11 Å². The average Bonchev–Trinajstić information content (AvgIpc) is 3.14. The molecule has 0 saturated carbocycles.